The van der Waals surface area contributed by atoms with E-state index in [0.717, 1.165) is 66.4 Å². The number of carbonyl (C=O) groups excluding carboxylic acids is 1. The molecule has 24 heavy (non-hydrogen) atoms. The lowest BCUT2D eigenvalue weighted by Gasteiger charge is -2.24. The molecule has 1 aliphatic heterocycles. The van der Waals surface area contributed by atoms with Crippen molar-refractivity contribution in [2.45, 2.75) is 45.1 Å². The summed E-state index contributed by atoms with van der Waals surface area (Å²) < 4.78 is 11.2. The molecular weight excluding hydrogens is 302 g/mol. The van der Waals surface area contributed by atoms with Crippen LogP contribution in [0.2, 0.25) is 0 Å². The van der Waals surface area contributed by atoms with Gasteiger partial charge in [-0.2, -0.15) is 0 Å². The number of ether oxygens (including phenoxy) is 2. The Morgan fingerprint density at radius 1 is 1.33 bits per heavy atom. The average molecular weight is 325 g/mol. The van der Waals surface area contributed by atoms with E-state index in [0.29, 0.717) is 12.5 Å². The number of hydrogen-bond acceptors (Lipinski definition) is 4. The van der Waals surface area contributed by atoms with Gasteiger partial charge in [-0.1, -0.05) is 25.1 Å². The van der Waals surface area contributed by atoms with Crippen LogP contribution < -0.4 is 0 Å². The summed E-state index contributed by atoms with van der Waals surface area (Å²) in [6, 6.07) is 7.88. The number of para-hydroxylation sites is 1. The zero-order valence-corrected chi connectivity index (χ0v) is 14.1. The molecule has 0 amide bonds. The van der Waals surface area contributed by atoms with Crippen LogP contribution in [0.3, 0.4) is 0 Å². The molecule has 0 bridgehead atoms. The normalized spacial score (nSPS) is 23.2. The first-order chi connectivity index (χ1) is 11.7. The molecule has 4 rings (SSSR count). The van der Waals surface area contributed by atoms with Crippen LogP contribution in [0.4, 0.5) is 0 Å². The molecule has 4 heteroatoms. The van der Waals surface area contributed by atoms with E-state index in [2.05, 4.69) is 6.92 Å². The molecule has 2 aromatic rings. The quantitative estimate of drug-likeness (QED) is 0.808. The Balaban J connectivity index is 1.71. The van der Waals surface area contributed by atoms with Gasteiger partial charge in [0.05, 0.1) is 17.2 Å². The summed E-state index contributed by atoms with van der Waals surface area (Å²) in [6.07, 6.45) is 5.04. The average Bonchev–Trinajstić information content (AvgIpc) is 3.11. The van der Waals surface area contributed by atoms with Gasteiger partial charge in [0.2, 0.25) is 0 Å². The van der Waals surface area contributed by atoms with Crippen LogP contribution in [-0.4, -0.2) is 30.3 Å². The summed E-state index contributed by atoms with van der Waals surface area (Å²) in [4.78, 5) is 17.7. The Morgan fingerprint density at radius 2 is 2.21 bits per heavy atom. The number of hydrogen-bond donors (Lipinski definition) is 0. The van der Waals surface area contributed by atoms with Gasteiger partial charge in [-0.05, 0) is 49.7 Å². The number of aryl methyl sites for hydroxylation is 1. The Kier molecular flexibility index (Phi) is 4.23. The van der Waals surface area contributed by atoms with Crippen LogP contribution in [0, 0.1) is 5.92 Å². The van der Waals surface area contributed by atoms with Crippen molar-refractivity contribution in [3.8, 4) is 0 Å². The fourth-order valence-electron chi connectivity index (χ4n) is 3.81. The summed E-state index contributed by atoms with van der Waals surface area (Å²) in [5, 5.41) is 0.905. The highest BCUT2D eigenvalue weighted by molar-refractivity contribution is 6.05. The zero-order valence-electron chi connectivity index (χ0n) is 14.1. The summed E-state index contributed by atoms with van der Waals surface area (Å²) in [6.45, 7) is 3.35. The predicted octanol–water partition coefficient (Wildman–Crippen LogP) is 3.70. The van der Waals surface area contributed by atoms with Gasteiger partial charge in [0.25, 0.3) is 0 Å². The molecule has 126 valence electrons. The molecule has 2 atom stereocenters. The number of aromatic nitrogens is 1. The number of carbonyl (C=O) groups is 1. The molecule has 2 heterocycles. The number of nitrogens with zero attached hydrogens (tertiary/aromatic N) is 1. The predicted molar refractivity (Wildman–Crippen MR) is 92.2 cm³/mol. The molecule has 1 saturated heterocycles. The van der Waals surface area contributed by atoms with Crippen molar-refractivity contribution in [2.24, 2.45) is 5.92 Å². The Labute approximate surface area is 142 Å². The second-order valence-electron chi connectivity index (χ2n) is 7.01. The van der Waals surface area contributed by atoms with Crippen molar-refractivity contribution in [1.82, 2.24) is 4.98 Å². The lowest BCUT2D eigenvalue weighted by atomic mass is 9.84. The van der Waals surface area contributed by atoms with Crippen molar-refractivity contribution < 1.29 is 14.3 Å². The Hall–Kier alpha value is -1.94. The molecule has 0 unspecified atom stereocenters. The van der Waals surface area contributed by atoms with Gasteiger partial charge < -0.3 is 9.47 Å². The maximum atomic E-state index is 12.9. The van der Waals surface area contributed by atoms with E-state index in [1.54, 1.807) is 0 Å². The highest BCUT2D eigenvalue weighted by atomic mass is 16.6. The van der Waals surface area contributed by atoms with Gasteiger partial charge in [-0.25, -0.2) is 4.79 Å². The Morgan fingerprint density at radius 3 is 3.04 bits per heavy atom. The fraction of sp³-hybridized carbons (Fsp3) is 0.500. The minimum atomic E-state index is -0.227. The standard InChI is InChI=1S/C20H23NO3/c1-13-8-9-18-16(11-13)19(15-6-2-3-7-17(15)21-18)20(22)24-12-14-5-4-10-23-14/h2-3,6-7,13-14H,4-5,8-12H2,1H3/t13-,14-/m0/s1. The van der Waals surface area contributed by atoms with E-state index < -0.39 is 0 Å². The monoisotopic (exact) mass is 325 g/mol. The van der Waals surface area contributed by atoms with Crippen molar-refractivity contribution in [2.75, 3.05) is 13.2 Å². The van der Waals surface area contributed by atoms with Crippen molar-refractivity contribution in [1.29, 1.82) is 0 Å². The van der Waals surface area contributed by atoms with Gasteiger partial charge in [0.1, 0.15) is 6.61 Å². The largest absolute Gasteiger partial charge is 0.459 e. The summed E-state index contributed by atoms with van der Waals surface area (Å²) in [5.41, 5.74) is 3.76. The number of benzene rings is 1. The summed E-state index contributed by atoms with van der Waals surface area (Å²) >= 11 is 0. The molecule has 4 nitrogen and oxygen atoms in total. The fourth-order valence-corrected chi connectivity index (χ4v) is 3.81. The molecular formula is C20H23NO3. The maximum absolute atomic E-state index is 12.9. The maximum Gasteiger partial charge on any atom is 0.339 e. The zero-order chi connectivity index (χ0) is 16.5. The molecule has 1 aromatic heterocycles. The van der Waals surface area contributed by atoms with Crippen LogP contribution in [0.5, 0.6) is 0 Å². The molecule has 1 aliphatic carbocycles. The van der Waals surface area contributed by atoms with Crippen LogP contribution in [0.15, 0.2) is 24.3 Å². The highest BCUT2D eigenvalue weighted by Crippen LogP contribution is 2.32. The van der Waals surface area contributed by atoms with Crippen molar-refractivity contribution in [3.05, 3.63) is 41.1 Å². The molecule has 1 fully saturated rings. The van der Waals surface area contributed by atoms with Gasteiger partial charge in [-0.15, -0.1) is 0 Å². The van der Waals surface area contributed by atoms with E-state index in [1.165, 1.54) is 0 Å². The lowest BCUT2D eigenvalue weighted by molar-refractivity contribution is 0.0161. The van der Waals surface area contributed by atoms with E-state index in [-0.39, 0.29) is 12.1 Å². The van der Waals surface area contributed by atoms with Gasteiger partial charge in [0.15, 0.2) is 0 Å². The topological polar surface area (TPSA) is 48.4 Å². The summed E-state index contributed by atoms with van der Waals surface area (Å²) in [5.74, 6) is 0.347. The second kappa shape index (κ2) is 6.52. The second-order valence-corrected chi connectivity index (χ2v) is 7.01. The van der Waals surface area contributed by atoms with Crippen LogP contribution in [0.25, 0.3) is 10.9 Å². The molecule has 0 spiro atoms. The minimum Gasteiger partial charge on any atom is -0.459 e. The summed E-state index contributed by atoms with van der Waals surface area (Å²) in [7, 11) is 0. The third kappa shape index (κ3) is 2.91. The highest BCUT2D eigenvalue weighted by Gasteiger charge is 2.27. The van der Waals surface area contributed by atoms with Crippen molar-refractivity contribution in [3.63, 3.8) is 0 Å². The number of rotatable bonds is 3. The van der Waals surface area contributed by atoms with Gasteiger partial charge in [-0.3, -0.25) is 4.98 Å². The molecule has 0 radical (unpaired) electrons. The van der Waals surface area contributed by atoms with Crippen LogP contribution in [0.1, 0.15) is 47.8 Å². The van der Waals surface area contributed by atoms with E-state index in [9.17, 15) is 4.79 Å². The minimum absolute atomic E-state index is 0.0526. The van der Waals surface area contributed by atoms with Gasteiger partial charge >= 0.3 is 5.97 Å². The van der Waals surface area contributed by atoms with Gasteiger partial charge in [0, 0.05) is 17.7 Å². The molecule has 0 N–H and O–H groups in total. The van der Waals surface area contributed by atoms with Crippen LogP contribution in [-0.2, 0) is 22.3 Å². The SMILES string of the molecule is C[C@H]1CCc2nc3ccccc3c(C(=O)OC[C@@H]3CCCO3)c2C1. The molecule has 1 aromatic carbocycles. The molecule has 0 saturated carbocycles. The van der Waals surface area contributed by atoms with E-state index >= 15 is 0 Å². The first-order valence-corrected chi connectivity index (χ1v) is 8.91. The number of esters is 1. The first-order valence-electron chi connectivity index (χ1n) is 8.91. The number of pyridine rings is 1. The molecule has 2 aliphatic rings. The van der Waals surface area contributed by atoms with E-state index in [4.69, 9.17) is 14.5 Å². The smallest absolute Gasteiger partial charge is 0.339 e. The lowest BCUT2D eigenvalue weighted by Crippen LogP contribution is -2.22. The number of fused-ring (bicyclic) bond motifs is 2. The van der Waals surface area contributed by atoms with Crippen molar-refractivity contribution >= 4 is 16.9 Å². The Bertz CT molecular complexity index is 765. The third-order valence-electron chi connectivity index (χ3n) is 5.13. The van der Waals surface area contributed by atoms with Crippen LogP contribution >= 0.6 is 0 Å². The first kappa shape index (κ1) is 15.6. The van der Waals surface area contributed by atoms with E-state index in [1.807, 2.05) is 24.3 Å². The third-order valence-corrected chi connectivity index (χ3v) is 5.13.